The van der Waals surface area contributed by atoms with Crippen molar-refractivity contribution >= 4 is 6.03 Å². The van der Waals surface area contributed by atoms with Gasteiger partial charge in [-0.3, -0.25) is 0 Å². The molecule has 4 heteroatoms. The number of likely N-dealkylation sites (tertiary alicyclic amines) is 1. The Labute approximate surface area is 132 Å². The fourth-order valence-corrected chi connectivity index (χ4v) is 3.38. The van der Waals surface area contributed by atoms with Gasteiger partial charge in [0.1, 0.15) is 0 Å². The average molecular weight is 302 g/mol. The van der Waals surface area contributed by atoms with Crippen LogP contribution in [0.25, 0.3) is 0 Å². The number of nitrogens with zero attached hydrogens (tertiary/aromatic N) is 1. The largest absolute Gasteiger partial charge is 0.393 e. The lowest BCUT2D eigenvalue weighted by molar-refractivity contribution is 0.0731. The summed E-state index contributed by atoms with van der Waals surface area (Å²) in [5.41, 5.74) is 1.20. The smallest absolute Gasteiger partial charge is 0.317 e. The summed E-state index contributed by atoms with van der Waals surface area (Å²) in [5, 5.41) is 13.0. The van der Waals surface area contributed by atoms with Gasteiger partial charge in [0.15, 0.2) is 0 Å². The van der Waals surface area contributed by atoms with Crippen molar-refractivity contribution in [2.24, 2.45) is 11.8 Å². The summed E-state index contributed by atoms with van der Waals surface area (Å²) < 4.78 is 0. The van der Waals surface area contributed by atoms with E-state index in [4.69, 9.17) is 0 Å². The first kappa shape index (κ1) is 15.3. The molecule has 0 radical (unpaired) electrons. The Kier molecular flexibility index (Phi) is 4.67. The molecule has 0 spiro atoms. The van der Waals surface area contributed by atoms with Gasteiger partial charge in [0, 0.05) is 19.0 Å². The van der Waals surface area contributed by atoms with E-state index in [0.29, 0.717) is 12.5 Å². The summed E-state index contributed by atoms with van der Waals surface area (Å²) in [6.45, 7) is 3.28. The van der Waals surface area contributed by atoms with Crippen molar-refractivity contribution in [2.45, 2.75) is 44.8 Å². The monoisotopic (exact) mass is 302 g/mol. The number of aliphatic hydroxyl groups excluding tert-OH is 1. The number of hydrogen-bond acceptors (Lipinski definition) is 2. The Hall–Kier alpha value is -1.55. The summed E-state index contributed by atoms with van der Waals surface area (Å²) in [7, 11) is 0. The number of piperidine rings is 1. The van der Waals surface area contributed by atoms with Crippen LogP contribution in [-0.4, -0.2) is 35.2 Å². The van der Waals surface area contributed by atoms with Gasteiger partial charge in [-0.05, 0) is 44.1 Å². The minimum absolute atomic E-state index is 0.0195. The van der Waals surface area contributed by atoms with Gasteiger partial charge in [-0.1, -0.05) is 30.3 Å². The maximum atomic E-state index is 12.6. The topological polar surface area (TPSA) is 52.6 Å². The molecule has 1 aromatic carbocycles. The van der Waals surface area contributed by atoms with Crippen LogP contribution in [0.2, 0.25) is 0 Å². The van der Waals surface area contributed by atoms with E-state index in [1.54, 1.807) is 0 Å². The van der Waals surface area contributed by atoms with Gasteiger partial charge in [0.25, 0.3) is 0 Å². The number of urea groups is 1. The molecule has 2 N–H and O–H groups in total. The van der Waals surface area contributed by atoms with Gasteiger partial charge in [-0.15, -0.1) is 0 Å². The molecule has 1 aliphatic carbocycles. The summed E-state index contributed by atoms with van der Waals surface area (Å²) in [6, 6.07) is 10.4. The average Bonchev–Trinajstić information content (AvgIpc) is 3.38. The number of hydrogen-bond donors (Lipinski definition) is 2. The zero-order valence-electron chi connectivity index (χ0n) is 13.2. The van der Waals surface area contributed by atoms with Crippen LogP contribution in [0.1, 0.15) is 44.2 Å². The van der Waals surface area contributed by atoms with Crippen LogP contribution in [0.5, 0.6) is 0 Å². The maximum Gasteiger partial charge on any atom is 0.317 e. The van der Waals surface area contributed by atoms with E-state index in [0.717, 1.165) is 19.4 Å². The third-order valence-electron chi connectivity index (χ3n) is 4.96. The Morgan fingerprint density at radius 2 is 1.95 bits per heavy atom. The minimum Gasteiger partial charge on any atom is -0.393 e. The number of benzene rings is 1. The van der Waals surface area contributed by atoms with Gasteiger partial charge in [0.05, 0.1) is 12.1 Å². The lowest BCUT2D eigenvalue weighted by Crippen LogP contribution is -2.48. The standard InChI is InChI=1S/C18H26N2O2/c1-13(21)16-8-5-11-20(12-16)18(22)19-17(15-9-10-15)14-6-3-2-4-7-14/h2-4,6-7,13,15-17,21H,5,8-12H2,1H3,(H,19,22). The summed E-state index contributed by atoms with van der Waals surface area (Å²) in [5.74, 6) is 0.777. The first-order chi connectivity index (χ1) is 10.6. The highest BCUT2D eigenvalue weighted by Gasteiger charge is 2.35. The van der Waals surface area contributed by atoms with E-state index in [9.17, 15) is 9.90 Å². The van der Waals surface area contributed by atoms with Gasteiger partial charge < -0.3 is 15.3 Å². The van der Waals surface area contributed by atoms with Crippen molar-refractivity contribution in [2.75, 3.05) is 13.1 Å². The molecule has 1 saturated carbocycles. The summed E-state index contributed by atoms with van der Waals surface area (Å²) in [4.78, 5) is 14.5. The molecule has 3 atom stereocenters. The number of carbonyl (C=O) groups excluding carboxylic acids is 1. The molecule has 1 aliphatic heterocycles. The lowest BCUT2D eigenvalue weighted by Gasteiger charge is -2.35. The van der Waals surface area contributed by atoms with Crippen LogP contribution in [0, 0.1) is 11.8 Å². The first-order valence-electron chi connectivity index (χ1n) is 8.43. The highest BCUT2D eigenvalue weighted by molar-refractivity contribution is 5.75. The van der Waals surface area contributed by atoms with Crippen molar-refractivity contribution in [3.05, 3.63) is 35.9 Å². The Balaban J connectivity index is 1.64. The molecule has 2 fully saturated rings. The van der Waals surface area contributed by atoms with E-state index in [-0.39, 0.29) is 24.1 Å². The zero-order chi connectivity index (χ0) is 15.5. The highest BCUT2D eigenvalue weighted by Crippen LogP contribution is 2.41. The molecule has 1 heterocycles. The molecule has 2 amide bonds. The molecular weight excluding hydrogens is 276 g/mol. The van der Waals surface area contributed by atoms with E-state index >= 15 is 0 Å². The van der Waals surface area contributed by atoms with Crippen LogP contribution in [0.15, 0.2) is 30.3 Å². The molecule has 4 nitrogen and oxygen atoms in total. The second kappa shape index (κ2) is 6.69. The van der Waals surface area contributed by atoms with Gasteiger partial charge >= 0.3 is 6.03 Å². The quantitative estimate of drug-likeness (QED) is 0.898. The second-order valence-electron chi connectivity index (χ2n) is 6.76. The molecule has 0 aromatic heterocycles. The number of rotatable bonds is 4. The predicted molar refractivity (Wildman–Crippen MR) is 86.4 cm³/mol. The Morgan fingerprint density at radius 1 is 1.23 bits per heavy atom. The summed E-state index contributed by atoms with van der Waals surface area (Å²) in [6.07, 6.45) is 4.02. The predicted octanol–water partition coefficient (Wildman–Crippen LogP) is 2.94. The van der Waals surface area contributed by atoms with Crippen LogP contribution in [0.4, 0.5) is 4.79 Å². The number of nitrogens with one attached hydrogen (secondary N) is 1. The first-order valence-corrected chi connectivity index (χ1v) is 8.43. The van der Waals surface area contributed by atoms with Gasteiger partial charge in [0.2, 0.25) is 0 Å². The molecule has 3 rings (SSSR count). The number of carbonyl (C=O) groups is 1. The maximum absolute atomic E-state index is 12.6. The Morgan fingerprint density at radius 3 is 2.59 bits per heavy atom. The highest BCUT2D eigenvalue weighted by atomic mass is 16.3. The lowest BCUT2D eigenvalue weighted by atomic mass is 9.93. The molecule has 1 saturated heterocycles. The second-order valence-corrected chi connectivity index (χ2v) is 6.76. The van der Waals surface area contributed by atoms with Gasteiger partial charge in [-0.2, -0.15) is 0 Å². The third-order valence-corrected chi connectivity index (χ3v) is 4.96. The van der Waals surface area contributed by atoms with Crippen molar-refractivity contribution in [3.63, 3.8) is 0 Å². The molecule has 2 aliphatic rings. The normalized spacial score (nSPS) is 24.6. The SMILES string of the molecule is CC(O)C1CCCN(C(=O)NC(c2ccccc2)C2CC2)C1. The van der Waals surface area contributed by atoms with Crippen LogP contribution < -0.4 is 5.32 Å². The van der Waals surface area contributed by atoms with Crippen LogP contribution >= 0.6 is 0 Å². The van der Waals surface area contributed by atoms with Crippen molar-refractivity contribution in [1.29, 1.82) is 0 Å². The molecule has 0 bridgehead atoms. The van der Waals surface area contributed by atoms with Crippen molar-refractivity contribution in [3.8, 4) is 0 Å². The molecule has 1 aromatic rings. The number of aliphatic hydroxyl groups is 1. The number of amides is 2. The molecule has 3 unspecified atom stereocenters. The summed E-state index contributed by atoms with van der Waals surface area (Å²) >= 11 is 0. The molecule has 120 valence electrons. The zero-order valence-corrected chi connectivity index (χ0v) is 13.2. The van der Waals surface area contributed by atoms with Crippen LogP contribution in [-0.2, 0) is 0 Å². The van der Waals surface area contributed by atoms with E-state index in [1.165, 1.54) is 18.4 Å². The fourth-order valence-electron chi connectivity index (χ4n) is 3.38. The van der Waals surface area contributed by atoms with E-state index in [1.807, 2.05) is 30.0 Å². The van der Waals surface area contributed by atoms with Crippen molar-refractivity contribution in [1.82, 2.24) is 10.2 Å². The van der Waals surface area contributed by atoms with E-state index < -0.39 is 0 Å². The van der Waals surface area contributed by atoms with E-state index in [2.05, 4.69) is 17.4 Å². The molecular formula is C18H26N2O2. The third kappa shape index (κ3) is 3.61. The van der Waals surface area contributed by atoms with Crippen molar-refractivity contribution < 1.29 is 9.90 Å². The van der Waals surface area contributed by atoms with Gasteiger partial charge in [-0.25, -0.2) is 4.79 Å². The molecule has 22 heavy (non-hydrogen) atoms. The van der Waals surface area contributed by atoms with Crippen LogP contribution in [0.3, 0.4) is 0 Å². The Bertz CT molecular complexity index is 499. The fraction of sp³-hybridized carbons (Fsp3) is 0.611. The minimum atomic E-state index is -0.344.